The Morgan fingerprint density at radius 1 is 1.13 bits per heavy atom. The smallest absolute Gasteiger partial charge is 0.305 e. The Morgan fingerprint density at radius 3 is 2.43 bits per heavy atom. The number of carbonyl (C=O) groups is 1. The van der Waals surface area contributed by atoms with Crippen molar-refractivity contribution in [3.63, 3.8) is 0 Å². The first kappa shape index (κ1) is 15.6. The average Bonchev–Trinajstić information content (AvgIpc) is 3.02. The first-order chi connectivity index (χ1) is 11.1. The van der Waals surface area contributed by atoms with Gasteiger partial charge >= 0.3 is 5.97 Å². The summed E-state index contributed by atoms with van der Waals surface area (Å²) in [6, 6.07) is 19.2. The molecule has 2 aromatic carbocycles. The van der Waals surface area contributed by atoms with Gasteiger partial charge in [0, 0.05) is 24.2 Å². The predicted molar refractivity (Wildman–Crippen MR) is 93.0 cm³/mol. The van der Waals surface area contributed by atoms with Crippen molar-refractivity contribution < 1.29 is 9.90 Å². The summed E-state index contributed by atoms with van der Waals surface area (Å²) in [6.07, 6.45) is 2.26. The standard InChI is InChI=1S/C20H23NO2/c1-15(16-6-3-2-4-7-16)17-9-11-18(12-10-17)21-13-5-8-19(21)14-20(22)23/h2-4,6-7,9-12,15,19H,5,8,13-14H2,1H3,(H,22,23)/t15?,19-/m0/s1. The molecule has 1 aliphatic heterocycles. The Bertz CT molecular complexity index is 651. The zero-order chi connectivity index (χ0) is 16.2. The van der Waals surface area contributed by atoms with Crippen LogP contribution in [0.3, 0.4) is 0 Å². The molecule has 3 heteroatoms. The lowest BCUT2D eigenvalue weighted by molar-refractivity contribution is -0.137. The fourth-order valence-corrected chi connectivity index (χ4v) is 3.48. The van der Waals surface area contributed by atoms with E-state index in [0.717, 1.165) is 25.1 Å². The van der Waals surface area contributed by atoms with Crippen LogP contribution in [-0.2, 0) is 4.79 Å². The summed E-state index contributed by atoms with van der Waals surface area (Å²) in [7, 11) is 0. The number of carboxylic acids is 1. The van der Waals surface area contributed by atoms with Crippen LogP contribution < -0.4 is 4.90 Å². The third-order valence-corrected chi connectivity index (χ3v) is 4.81. The number of rotatable bonds is 5. The highest BCUT2D eigenvalue weighted by molar-refractivity contribution is 5.69. The highest BCUT2D eigenvalue weighted by atomic mass is 16.4. The Balaban J connectivity index is 1.75. The summed E-state index contributed by atoms with van der Waals surface area (Å²) < 4.78 is 0. The van der Waals surface area contributed by atoms with Gasteiger partial charge in [0.25, 0.3) is 0 Å². The van der Waals surface area contributed by atoms with Crippen LogP contribution in [0, 0.1) is 0 Å². The molecule has 1 heterocycles. The van der Waals surface area contributed by atoms with Crippen LogP contribution in [0.4, 0.5) is 5.69 Å². The molecule has 0 radical (unpaired) electrons. The number of anilines is 1. The van der Waals surface area contributed by atoms with Crippen LogP contribution >= 0.6 is 0 Å². The molecule has 1 aliphatic rings. The van der Waals surface area contributed by atoms with Crippen molar-refractivity contribution in [2.45, 2.75) is 38.1 Å². The third kappa shape index (κ3) is 3.55. The zero-order valence-electron chi connectivity index (χ0n) is 13.5. The van der Waals surface area contributed by atoms with Gasteiger partial charge in [0.2, 0.25) is 0 Å². The van der Waals surface area contributed by atoms with Gasteiger partial charge in [-0.25, -0.2) is 0 Å². The summed E-state index contributed by atoms with van der Waals surface area (Å²) in [5.41, 5.74) is 3.73. The number of hydrogen-bond acceptors (Lipinski definition) is 2. The van der Waals surface area contributed by atoms with Crippen molar-refractivity contribution in [1.82, 2.24) is 0 Å². The van der Waals surface area contributed by atoms with Gasteiger partial charge in [-0.15, -0.1) is 0 Å². The van der Waals surface area contributed by atoms with E-state index in [9.17, 15) is 4.79 Å². The number of carboxylic acid groups (broad SMARTS) is 1. The zero-order valence-corrected chi connectivity index (χ0v) is 13.5. The highest BCUT2D eigenvalue weighted by Gasteiger charge is 2.26. The van der Waals surface area contributed by atoms with Crippen molar-refractivity contribution in [3.8, 4) is 0 Å². The minimum Gasteiger partial charge on any atom is -0.481 e. The topological polar surface area (TPSA) is 40.5 Å². The summed E-state index contributed by atoms with van der Waals surface area (Å²) >= 11 is 0. The van der Waals surface area contributed by atoms with Gasteiger partial charge in [-0.2, -0.15) is 0 Å². The van der Waals surface area contributed by atoms with Gasteiger partial charge in [-0.3, -0.25) is 4.79 Å². The van der Waals surface area contributed by atoms with Gasteiger partial charge in [0.1, 0.15) is 0 Å². The van der Waals surface area contributed by atoms with Crippen molar-refractivity contribution in [2.75, 3.05) is 11.4 Å². The van der Waals surface area contributed by atoms with Crippen LogP contribution in [0.15, 0.2) is 54.6 Å². The molecule has 0 aliphatic carbocycles. The largest absolute Gasteiger partial charge is 0.481 e. The molecule has 3 rings (SSSR count). The average molecular weight is 309 g/mol. The molecule has 0 aromatic heterocycles. The lowest BCUT2D eigenvalue weighted by atomic mass is 9.93. The maximum atomic E-state index is 11.0. The second-order valence-corrected chi connectivity index (χ2v) is 6.31. The minimum absolute atomic E-state index is 0.130. The second-order valence-electron chi connectivity index (χ2n) is 6.31. The lowest BCUT2D eigenvalue weighted by Gasteiger charge is -2.26. The molecule has 0 spiro atoms. The lowest BCUT2D eigenvalue weighted by Crippen LogP contribution is -2.31. The van der Waals surface area contributed by atoms with E-state index in [1.165, 1.54) is 11.1 Å². The van der Waals surface area contributed by atoms with E-state index in [-0.39, 0.29) is 12.5 Å². The van der Waals surface area contributed by atoms with Gasteiger partial charge in [-0.05, 0) is 36.1 Å². The molecule has 23 heavy (non-hydrogen) atoms. The fourth-order valence-electron chi connectivity index (χ4n) is 3.48. The number of benzene rings is 2. The van der Waals surface area contributed by atoms with E-state index in [2.05, 4.69) is 60.4 Å². The molecule has 1 N–H and O–H groups in total. The van der Waals surface area contributed by atoms with Crippen LogP contribution in [0.5, 0.6) is 0 Å². The van der Waals surface area contributed by atoms with Gasteiger partial charge in [-0.1, -0.05) is 49.4 Å². The fraction of sp³-hybridized carbons (Fsp3) is 0.350. The van der Waals surface area contributed by atoms with Crippen LogP contribution in [0.1, 0.15) is 43.2 Å². The second kappa shape index (κ2) is 6.86. The Kier molecular flexibility index (Phi) is 4.65. The predicted octanol–water partition coefficient (Wildman–Crippen LogP) is 4.28. The molecular weight excluding hydrogens is 286 g/mol. The SMILES string of the molecule is CC(c1ccccc1)c1ccc(N2CCC[C@H]2CC(=O)O)cc1. The number of nitrogens with zero attached hydrogens (tertiary/aromatic N) is 1. The quantitative estimate of drug-likeness (QED) is 0.896. The normalized spacial score (nSPS) is 18.8. The van der Waals surface area contributed by atoms with Crippen molar-refractivity contribution >= 4 is 11.7 Å². The summed E-state index contributed by atoms with van der Waals surface area (Å²) in [5.74, 6) is -0.352. The molecule has 1 fully saturated rings. The monoisotopic (exact) mass is 309 g/mol. The molecule has 0 saturated carbocycles. The molecule has 1 saturated heterocycles. The van der Waals surface area contributed by atoms with Gasteiger partial charge in [0.05, 0.1) is 6.42 Å². The van der Waals surface area contributed by atoms with E-state index < -0.39 is 5.97 Å². The molecule has 0 amide bonds. The van der Waals surface area contributed by atoms with Crippen molar-refractivity contribution in [1.29, 1.82) is 0 Å². The minimum atomic E-state index is -0.712. The van der Waals surface area contributed by atoms with Crippen LogP contribution in [0.25, 0.3) is 0 Å². The van der Waals surface area contributed by atoms with E-state index in [4.69, 9.17) is 5.11 Å². The van der Waals surface area contributed by atoms with E-state index in [1.54, 1.807) is 0 Å². The van der Waals surface area contributed by atoms with Crippen molar-refractivity contribution in [3.05, 3.63) is 65.7 Å². The molecule has 2 atom stereocenters. The summed E-state index contributed by atoms with van der Waals surface area (Å²) in [6.45, 7) is 3.17. The molecule has 0 bridgehead atoms. The molecule has 1 unspecified atom stereocenters. The third-order valence-electron chi connectivity index (χ3n) is 4.81. The van der Waals surface area contributed by atoms with Gasteiger partial charge in [0.15, 0.2) is 0 Å². The maximum absolute atomic E-state index is 11.0. The Labute approximate surface area is 137 Å². The van der Waals surface area contributed by atoms with E-state index >= 15 is 0 Å². The van der Waals surface area contributed by atoms with E-state index in [1.807, 2.05) is 6.07 Å². The maximum Gasteiger partial charge on any atom is 0.305 e. The number of hydrogen-bond donors (Lipinski definition) is 1. The summed E-state index contributed by atoms with van der Waals surface area (Å²) in [4.78, 5) is 13.2. The van der Waals surface area contributed by atoms with Crippen molar-refractivity contribution in [2.24, 2.45) is 0 Å². The highest BCUT2D eigenvalue weighted by Crippen LogP contribution is 2.30. The molecule has 120 valence electrons. The molecular formula is C20H23NO2. The Morgan fingerprint density at radius 2 is 1.78 bits per heavy atom. The van der Waals surface area contributed by atoms with Gasteiger partial charge < -0.3 is 10.0 Å². The first-order valence-corrected chi connectivity index (χ1v) is 8.28. The number of aliphatic carboxylic acids is 1. The molecule has 2 aromatic rings. The first-order valence-electron chi connectivity index (χ1n) is 8.28. The Hall–Kier alpha value is -2.29. The van der Waals surface area contributed by atoms with E-state index in [0.29, 0.717) is 5.92 Å². The van der Waals surface area contributed by atoms with Crippen LogP contribution in [0.2, 0.25) is 0 Å². The summed E-state index contributed by atoms with van der Waals surface area (Å²) in [5, 5.41) is 9.05. The van der Waals surface area contributed by atoms with Crippen LogP contribution in [-0.4, -0.2) is 23.7 Å². The molecule has 3 nitrogen and oxygen atoms in total.